The van der Waals surface area contributed by atoms with Gasteiger partial charge in [0, 0.05) is 23.3 Å². The van der Waals surface area contributed by atoms with E-state index in [2.05, 4.69) is 20.1 Å². The van der Waals surface area contributed by atoms with Gasteiger partial charge in [-0.05, 0) is 37.1 Å². The number of hydrogen-bond donors (Lipinski definition) is 1. The maximum atomic E-state index is 12.8. The van der Waals surface area contributed by atoms with E-state index in [1.165, 1.54) is 23.1 Å². The second-order valence-electron chi connectivity index (χ2n) is 7.11. The van der Waals surface area contributed by atoms with Crippen molar-refractivity contribution in [3.05, 3.63) is 35.0 Å². The molecule has 2 aliphatic rings. The third-order valence-electron chi connectivity index (χ3n) is 4.82. The topological polar surface area (TPSA) is 88.8 Å². The number of alkyl halides is 3. The average Bonchev–Trinajstić information content (AvgIpc) is 3.33. The standard InChI is InChI=1S/C19H17ClF3N5O3/c20-12-4-11(5-14(6-12)31-19(21,22)23)16-7-15(18(30)27-9-17(29)25-10-27)26-28(16)13-2-1-3-24-8-13/h4-8,13H,1-3,9-10H2,(H,25,29). The Morgan fingerprint density at radius 3 is 2.71 bits per heavy atom. The zero-order chi connectivity index (χ0) is 22.2. The van der Waals surface area contributed by atoms with Crippen molar-refractivity contribution in [2.75, 3.05) is 19.8 Å². The molecule has 1 aromatic carbocycles. The lowest BCUT2D eigenvalue weighted by molar-refractivity contribution is -0.274. The van der Waals surface area contributed by atoms with E-state index in [9.17, 15) is 22.8 Å². The SMILES string of the molecule is O=C1CN(C(=O)c2cc(-c3cc(Cl)cc(OC(F)(F)F)c3)n(C3C=NCCC3)n2)CN1. The van der Waals surface area contributed by atoms with E-state index in [-0.39, 0.29) is 35.9 Å². The number of rotatable bonds is 4. The van der Waals surface area contributed by atoms with Gasteiger partial charge in [-0.1, -0.05) is 11.6 Å². The lowest BCUT2D eigenvalue weighted by Crippen LogP contribution is -2.30. The van der Waals surface area contributed by atoms with Crippen molar-refractivity contribution in [2.24, 2.45) is 4.99 Å². The average molecular weight is 456 g/mol. The highest BCUT2D eigenvalue weighted by Gasteiger charge is 2.32. The molecule has 2 aromatic rings. The fraction of sp³-hybridized carbons (Fsp3) is 0.368. The van der Waals surface area contributed by atoms with Crippen molar-refractivity contribution in [1.82, 2.24) is 20.0 Å². The predicted octanol–water partition coefficient (Wildman–Crippen LogP) is 3.04. The van der Waals surface area contributed by atoms with E-state index in [1.807, 2.05) is 0 Å². The summed E-state index contributed by atoms with van der Waals surface area (Å²) in [5.41, 5.74) is 0.742. The number of amides is 2. The number of carbonyl (C=O) groups is 2. The number of halogens is 4. The molecule has 0 bridgehead atoms. The molecule has 0 radical (unpaired) electrons. The second-order valence-corrected chi connectivity index (χ2v) is 7.55. The van der Waals surface area contributed by atoms with Crippen LogP contribution in [-0.2, 0) is 4.79 Å². The highest BCUT2D eigenvalue weighted by molar-refractivity contribution is 6.31. The van der Waals surface area contributed by atoms with Crippen molar-refractivity contribution >= 4 is 29.6 Å². The summed E-state index contributed by atoms with van der Waals surface area (Å²) in [6, 6.07) is 4.88. The van der Waals surface area contributed by atoms with Crippen molar-refractivity contribution in [3.63, 3.8) is 0 Å². The maximum Gasteiger partial charge on any atom is 0.573 e. The molecule has 31 heavy (non-hydrogen) atoms. The van der Waals surface area contributed by atoms with Crippen LogP contribution in [0.5, 0.6) is 5.75 Å². The Kier molecular flexibility index (Phi) is 5.61. The molecule has 2 aliphatic heterocycles. The Labute approximate surface area is 179 Å². The van der Waals surface area contributed by atoms with Crippen molar-refractivity contribution in [3.8, 4) is 17.0 Å². The molecule has 1 aromatic heterocycles. The monoisotopic (exact) mass is 455 g/mol. The second kappa shape index (κ2) is 8.22. The van der Waals surface area contributed by atoms with Crippen molar-refractivity contribution < 1.29 is 27.5 Å². The molecule has 3 heterocycles. The van der Waals surface area contributed by atoms with Crippen LogP contribution >= 0.6 is 11.6 Å². The van der Waals surface area contributed by atoms with Crippen LogP contribution in [-0.4, -0.2) is 58.8 Å². The molecular formula is C19H17ClF3N5O3. The van der Waals surface area contributed by atoms with Gasteiger partial charge >= 0.3 is 6.36 Å². The first-order valence-electron chi connectivity index (χ1n) is 9.42. The lowest BCUT2D eigenvalue weighted by Gasteiger charge is -2.19. The van der Waals surface area contributed by atoms with Crippen LogP contribution < -0.4 is 10.1 Å². The van der Waals surface area contributed by atoms with Gasteiger partial charge in [-0.3, -0.25) is 19.3 Å². The summed E-state index contributed by atoms with van der Waals surface area (Å²) in [4.78, 5) is 29.8. The fourth-order valence-corrected chi connectivity index (χ4v) is 3.72. The molecule has 1 fully saturated rings. The number of benzene rings is 1. The molecule has 2 amide bonds. The minimum atomic E-state index is -4.88. The third kappa shape index (κ3) is 4.82. The highest BCUT2D eigenvalue weighted by atomic mass is 35.5. The van der Waals surface area contributed by atoms with E-state index in [0.717, 1.165) is 12.5 Å². The number of ether oxygens (including phenoxy) is 1. The number of carbonyl (C=O) groups excluding carboxylic acids is 2. The number of hydrogen-bond acceptors (Lipinski definition) is 5. The Balaban J connectivity index is 1.76. The van der Waals surface area contributed by atoms with Gasteiger partial charge in [-0.2, -0.15) is 5.10 Å². The summed E-state index contributed by atoms with van der Waals surface area (Å²) in [6.45, 7) is 0.638. The highest BCUT2D eigenvalue weighted by Crippen LogP contribution is 2.34. The van der Waals surface area contributed by atoms with Crippen LogP contribution in [0.15, 0.2) is 29.3 Å². The number of nitrogens with zero attached hydrogens (tertiary/aromatic N) is 4. The lowest BCUT2D eigenvalue weighted by atomic mass is 10.1. The molecule has 0 saturated carbocycles. The first-order chi connectivity index (χ1) is 14.7. The van der Waals surface area contributed by atoms with Gasteiger partial charge in [0.1, 0.15) is 12.3 Å². The van der Waals surface area contributed by atoms with Crippen molar-refractivity contribution in [1.29, 1.82) is 0 Å². The number of nitrogens with one attached hydrogen (secondary N) is 1. The normalized spacial score (nSPS) is 18.9. The summed E-state index contributed by atoms with van der Waals surface area (Å²) in [5, 5.41) is 6.98. The van der Waals surface area contributed by atoms with Gasteiger partial charge in [0.2, 0.25) is 5.91 Å². The molecule has 1 atom stereocenters. The molecule has 12 heteroatoms. The first-order valence-corrected chi connectivity index (χ1v) is 9.79. The molecule has 1 unspecified atom stereocenters. The summed E-state index contributed by atoms with van der Waals surface area (Å²) >= 11 is 6.03. The van der Waals surface area contributed by atoms with Gasteiger partial charge in [-0.15, -0.1) is 13.2 Å². The van der Waals surface area contributed by atoms with Gasteiger partial charge < -0.3 is 15.0 Å². The smallest absolute Gasteiger partial charge is 0.406 e. The van der Waals surface area contributed by atoms with Crippen LogP contribution in [0, 0.1) is 0 Å². The van der Waals surface area contributed by atoms with E-state index in [0.29, 0.717) is 24.2 Å². The quantitative estimate of drug-likeness (QED) is 0.767. The van der Waals surface area contributed by atoms with E-state index in [4.69, 9.17) is 11.6 Å². The van der Waals surface area contributed by atoms with Crippen LogP contribution in [0.25, 0.3) is 11.3 Å². The summed E-state index contributed by atoms with van der Waals surface area (Å²) in [5.74, 6) is -1.24. The Morgan fingerprint density at radius 2 is 2.06 bits per heavy atom. The Bertz CT molecular complexity index is 1050. The predicted molar refractivity (Wildman–Crippen MR) is 105 cm³/mol. The molecule has 1 saturated heterocycles. The van der Waals surface area contributed by atoms with Crippen LogP contribution in [0.2, 0.25) is 5.02 Å². The van der Waals surface area contributed by atoms with E-state index < -0.39 is 18.0 Å². The summed E-state index contributed by atoms with van der Waals surface area (Å²) < 4.78 is 43.7. The molecule has 8 nitrogen and oxygen atoms in total. The third-order valence-corrected chi connectivity index (χ3v) is 5.04. The van der Waals surface area contributed by atoms with E-state index in [1.54, 1.807) is 10.9 Å². The molecule has 164 valence electrons. The maximum absolute atomic E-state index is 12.8. The van der Waals surface area contributed by atoms with Gasteiger partial charge in [0.05, 0.1) is 18.4 Å². The Hall–Kier alpha value is -3.08. The van der Waals surface area contributed by atoms with Gasteiger partial charge in [0.25, 0.3) is 5.91 Å². The first kappa shape index (κ1) is 21.2. The zero-order valence-electron chi connectivity index (χ0n) is 16.0. The van der Waals surface area contributed by atoms with E-state index >= 15 is 0 Å². The van der Waals surface area contributed by atoms with Crippen LogP contribution in [0.1, 0.15) is 29.4 Å². The molecule has 1 N–H and O–H groups in total. The summed E-state index contributed by atoms with van der Waals surface area (Å²) in [6.07, 6.45) is -1.68. The molecule has 4 rings (SSSR count). The molecule has 0 spiro atoms. The van der Waals surface area contributed by atoms with Gasteiger partial charge in [0.15, 0.2) is 5.69 Å². The minimum Gasteiger partial charge on any atom is -0.406 e. The minimum absolute atomic E-state index is 0.0315. The largest absolute Gasteiger partial charge is 0.573 e. The molecular weight excluding hydrogens is 439 g/mol. The number of aliphatic imine (C=N–C) groups is 1. The van der Waals surface area contributed by atoms with Crippen molar-refractivity contribution in [2.45, 2.75) is 25.2 Å². The van der Waals surface area contributed by atoms with Gasteiger partial charge in [-0.25, -0.2) is 0 Å². The number of aromatic nitrogens is 2. The van der Waals surface area contributed by atoms with Crippen LogP contribution in [0.3, 0.4) is 0 Å². The molecule has 0 aliphatic carbocycles. The zero-order valence-corrected chi connectivity index (χ0v) is 16.8. The summed E-state index contributed by atoms with van der Waals surface area (Å²) in [7, 11) is 0. The fourth-order valence-electron chi connectivity index (χ4n) is 3.49. The van der Waals surface area contributed by atoms with Crippen LogP contribution in [0.4, 0.5) is 13.2 Å². The Morgan fingerprint density at radius 1 is 1.26 bits per heavy atom.